The van der Waals surface area contributed by atoms with E-state index >= 15 is 0 Å². The molecular weight excluding hydrogens is 486 g/mol. The number of halogens is 1. The minimum absolute atomic E-state index is 0.101. The highest BCUT2D eigenvalue weighted by Crippen LogP contribution is 2.37. The van der Waals surface area contributed by atoms with Crippen molar-refractivity contribution in [2.75, 3.05) is 38.2 Å². The van der Waals surface area contributed by atoms with Gasteiger partial charge in [0.25, 0.3) is 5.91 Å². The van der Waals surface area contributed by atoms with Crippen molar-refractivity contribution in [3.05, 3.63) is 70.8 Å². The van der Waals surface area contributed by atoms with Crippen molar-refractivity contribution in [1.82, 2.24) is 10.2 Å². The van der Waals surface area contributed by atoms with Gasteiger partial charge in [0.05, 0.1) is 17.8 Å². The van der Waals surface area contributed by atoms with E-state index < -0.39 is 11.9 Å². The SMILES string of the molecule is CN1CCOc2c(C(=O)NC3CCN(Cc4ccccc4)CC3)cc(Cl)cc21.O=C(O)C=CC(=O)O. The standard InChI is InChI=1S/C22H26ClN3O2.C4H4O4/c1-25-11-12-28-21-19(13-17(23)14-20(21)25)22(27)24-18-7-9-26(10-8-18)15-16-5-3-2-4-6-16;5-3(6)1-2-4(7)8/h2-6,13-14,18H,7-12,15H2,1H3,(H,24,27);1-2H,(H,5,6)(H,7,8). The van der Waals surface area contributed by atoms with Crippen LogP contribution in [0.2, 0.25) is 5.02 Å². The Hall–Kier alpha value is -3.56. The Balaban J connectivity index is 0.000000392. The van der Waals surface area contributed by atoms with E-state index in [2.05, 4.69) is 39.4 Å². The van der Waals surface area contributed by atoms with Gasteiger partial charge in [-0.2, -0.15) is 0 Å². The number of aliphatic carboxylic acids is 2. The zero-order chi connectivity index (χ0) is 26.1. The average molecular weight is 516 g/mol. The molecule has 0 saturated carbocycles. The summed E-state index contributed by atoms with van der Waals surface area (Å²) < 4.78 is 5.80. The fraction of sp³-hybridized carbons (Fsp3) is 0.346. The lowest BCUT2D eigenvalue weighted by Crippen LogP contribution is -2.44. The number of piperidine rings is 1. The number of carbonyl (C=O) groups is 3. The summed E-state index contributed by atoms with van der Waals surface area (Å²) in [5.74, 6) is -1.98. The number of anilines is 1. The maximum Gasteiger partial charge on any atom is 0.328 e. The Morgan fingerprint density at radius 2 is 1.69 bits per heavy atom. The molecule has 1 saturated heterocycles. The summed E-state index contributed by atoms with van der Waals surface area (Å²) in [5.41, 5.74) is 2.74. The van der Waals surface area contributed by atoms with Crippen molar-refractivity contribution >= 4 is 35.1 Å². The van der Waals surface area contributed by atoms with Gasteiger partial charge in [0.1, 0.15) is 6.61 Å². The minimum atomic E-state index is -1.26. The van der Waals surface area contributed by atoms with Gasteiger partial charge in [0, 0.05) is 49.9 Å². The zero-order valence-electron chi connectivity index (χ0n) is 20.0. The van der Waals surface area contributed by atoms with Crippen LogP contribution in [0.5, 0.6) is 5.75 Å². The van der Waals surface area contributed by atoms with E-state index in [0.29, 0.717) is 35.1 Å². The number of carboxylic acid groups (broad SMARTS) is 2. The minimum Gasteiger partial charge on any atom is -0.489 e. The molecule has 1 amide bonds. The van der Waals surface area contributed by atoms with E-state index in [1.54, 1.807) is 6.07 Å². The van der Waals surface area contributed by atoms with Gasteiger partial charge in [0.2, 0.25) is 0 Å². The average Bonchev–Trinajstić information content (AvgIpc) is 2.85. The molecule has 0 spiro atoms. The number of rotatable bonds is 6. The number of hydrogen-bond acceptors (Lipinski definition) is 6. The third-order valence-corrected chi connectivity index (χ3v) is 6.12. The van der Waals surface area contributed by atoms with Gasteiger partial charge in [-0.1, -0.05) is 41.9 Å². The highest BCUT2D eigenvalue weighted by Gasteiger charge is 2.26. The molecule has 0 radical (unpaired) electrons. The van der Waals surface area contributed by atoms with Gasteiger partial charge < -0.3 is 25.2 Å². The molecule has 4 rings (SSSR count). The Labute approximate surface area is 214 Å². The number of nitrogens with zero attached hydrogens (tertiary/aromatic N) is 2. The quantitative estimate of drug-likeness (QED) is 0.501. The monoisotopic (exact) mass is 515 g/mol. The molecule has 0 unspecified atom stereocenters. The third-order valence-electron chi connectivity index (χ3n) is 5.90. The first-order valence-corrected chi connectivity index (χ1v) is 12.0. The van der Waals surface area contributed by atoms with Crippen molar-refractivity contribution in [3.63, 3.8) is 0 Å². The maximum atomic E-state index is 12.9. The van der Waals surface area contributed by atoms with E-state index in [0.717, 1.165) is 44.7 Å². The van der Waals surface area contributed by atoms with Crippen molar-refractivity contribution in [1.29, 1.82) is 0 Å². The van der Waals surface area contributed by atoms with Crippen LogP contribution in [0.3, 0.4) is 0 Å². The highest BCUT2D eigenvalue weighted by atomic mass is 35.5. The van der Waals surface area contributed by atoms with E-state index in [1.807, 2.05) is 19.2 Å². The highest BCUT2D eigenvalue weighted by molar-refractivity contribution is 6.31. The van der Waals surface area contributed by atoms with Crippen LogP contribution in [0.1, 0.15) is 28.8 Å². The summed E-state index contributed by atoms with van der Waals surface area (Å²) in [6.07, 6.45) is 3.01. The number of amides is 1. The first kappa shape index (κ1) is 27.0. The summed E-state index contributed by atoms with van der Waals surface area (Å²) >= 11 is 6.26. The van der Waals surface area contributed by atoms with Crippen LogP contribution in [0.4, 0.5) is 5.69 Å². The predicted octanol–water partition coefficient (Wildman–Crippen LogP) is 3.27. The first-order chi connectivity index (χ1) is 17.2. The zero-order valence-corrected chi connectivity index (χ0v) is 20.8. The molecule has 2 aromatic rings. The van der Waals surface area contributed by atoms with Crippen molar-refractivity contribution < 1.29 is 29.3 Å². The molecule has 3 N–H and O–H groups in total. The van der Waals surface area contributed by atoms with Crippen LogP contribution in [0.25, 0.3) is 0 Å². The second-order valence-corrected chi connectivity index (χ2v) is 9.03. The first-order valence-electron chi connectivity index (χ1n) is 11.6. The number of fused-ring (bicyclic) bond motifs is 1. The van der Waals surface area contributed by atoms with Gasteiger partial charge in [-0.15, -0.1) is 0 Å². The Morgan fingerprint density at radius 3 is 2.31 bits per heavy atom. The van der Waals surface area contributed by atoms with Crippen molar-refractivity contribution in [2.45, 2.75) is 25.4 Å². The van der Waals surface area contributed by atoms with Gasteiger partial charge in [0.15, 0.2) is 5.75 Å². The lowest BCUT2D eigenvalue weighted by atomic mass is 10.0. The molecule has 0 aliphatic carbocycles. The summed E-state index contributed by atoms with van der Waals surface area (Å²) in [5, 5.41) is 19.4. The molecule has 2 aliphatic heterocycles. The van der Waals surface area contributed by atoms with Crippen LogP contribution in [-0.2, 0) is 16.1 Å². The van der Waals surface area contributed by atoms with Crippen LogP contribution in [-0.4, -0.2) is 72.3 Å². The Morgan fingerprint density at radius 1 is 1.06 bits per heavy atom. The van der Waals surface area contributed by atoms with Crippen LogP contribution in [0.15, 0.2) is 54.6 Å². The molecular formula is C26H30ClN3O6. The van der Waals surface area contributed by atoms with E-state index in [1.165, 1.54) is 5.56 Å². The molecule has 2 aromatic carbocycles. The third kappa shape index (κ3) is 8.00. The summed E-state index contributed by atoms with van der Waals surface area (Å²) in [6.45, 7) is 4.28. The molecule has 0 bridgehead atoms. The Kier molecular flexibility index (Phi) is 9.72. The smallest absolute Gasteiger partial charge is 0.328 e. The lowest BCUT2D eigenvalue weighted by Gasteiger charge is -2.33. The van der Waals surface area contributed by atoms with Crippen LogP contribution < -0.4 is 15.0 Å². The van der Waals surface area contributed by atoms with Gasteiger partial charge >= 0.3 is 11.9 Å². The van der Waals surface area contributed by atoms with Gasteiger partial charge in [-0.3, -0.25) is 9.69 Å². The fourth-order valence-corrected chi connectivity index (χ4v) is 4.28. The molecule has 9 nitrogen and oxygen atoms in total. The number of ether oxygens (including phenoxy) is 1. The number of carbonyl (C=O) groups excluding carboxylic acids is 1. The predicted molar refractivity (Wildman–Crippen MR) is 137 cm³/mol. The van der Waals surface area contributed by atoms with Crippen LogP contribution in [0, 0.1) is 0 Å². The summed E-state index contributed by atoms with van der Waals surface area (Å²) in [7, 11) is 1.99. The largest absolute Gasteiger partial charge is 0.489 e. The number of nitrogens with one attached hydrogen (secondary N) is 1. The number of likely N-dealkylation sites (N-methyl/N-ethyl adjacent to an activating group) is 1. The fourth-order valence-electron chi connectivity index (χ4n) is 4.07. The number of benzene rings is 2. The van der Waals surface area contributed by atoms with Gasteiger partial charge in [-0.25, -0.2) is 9.59 Å². The molecule has 0 atom stereocenters. The van der Waals surface area contributed by atoms with E-state index in [4.69, 9.17) is 26.6 Å². The second-order valence-electron chi connectivity index (χ2n) is 8.59. The number of hydrogen-bond donors (Lipinski definition) is 3. The maximum absolute atomic E-state index is 12.9. The molecule has 2 heterocycles. The van der Waals surface area contributed by atoms with Crippen LogP contribution >= 0.6 is 11.6 Å². The summed E-state index contributed by atoms with van der Waals surface area (Å²) in [6, 6.07) is 14.3. The Bertz CT molecular complexity index is 1080. The molecule has 1 fully saturated rings. The molecule has 192 valence electrons. The number of likely N-dealkylation sites (tertiary alicyclic amines) is 1. The van der Waals surface area contributed by atoms with Gasteiger partial charge in [-0.05, 0) is 30.5 Å². The molecule has 36 heavy (non-hydrogen) atoms. The van der Waals surface area contributed by atoms with E-state index in [9.17, 15) is 14.4 Å². The molecule has 2 aliphatic rings. The lowest BCUT2D eigenvalue weighted by molar-refractivity contribution is -0.134. The normalized spacial score (nSPS) is 15.9. The molecule has 10 heteroatoms. The van der Waals surface area contributed by atoms with Crippen molar-refractivity contribution in [3.8, 4) is 5.75 Å². The van der Waals surface area contributed by atoms with Crippen molar-refractivity contribution in [2.24, 2.45) is 0 Å². The molecule has 0 aromatic heterocycles. The number of carboxylic acids is 2. The van der Waals surface area contributed by atoms with E-state index in [-0.39, 0.29) is 11.9 Å². The second kappa shape index (κ2) is 12.9. The topological polar surface area (TPSA) is 119 Å². The summed E-state index contributed by atoms with van der Waals surface area (Å²) in [4.78, 5) is 36.6.